The van der Waals surface area contributed by atoms with Crippen LogP contribution in [0.4, 0.5) is 5.69 Å². The van der Waals surface area contributed by atoms with E-state index >= 15 is 0 Å². The molecule has 2 unspecified atom stereocenters. The molecule has 2 nitrogen and oxygen atoms in total. The molecule has 4 rings (SSSR count). The quantitative estimate of drug-likeness (QED) is 0.796. The molecule has 2 atom stereocenters. The Morgan fingerprint density at radius 1 is 1.12 bits per heavy atom. The highest BCUT2D eigenvalue weighted by molar-refractivity contribution is 6.30. The molecule has 0 spiro atoms. The summed E-state index contributed by atoms with van der Waals surface area (Å²) in [6.07, 6.45) is 2.70. The average Bonchev–Trinajstić information content (AvgIpc) is 2.40. The third kappa shape index (κ3) is 2.04. The zero-order valence-electron chi connectivity index (χ0n) is 10.3. The van der Waals surface area contributed by atoms with Crippen molar-refractivity contribution in [2.45, 2.75) is 31.8 Å². The SMILES string of the molecule is CCN1CC2CCC1CN2c1ccc(Cl)cc1. The van der Waals surface area contributed by atoms with Gasteiger partial charge in [0.05, 0.1) is 0 Å². The Morgan fingerprint density at radius 2 is 1.82 bits per heavy atom. The first-order valence-electron chi connectivity index (χ1n) is 6.54. The predicted molar refractivity (Wildman–Crippen MR) is 72.9 cm³/mol. The van der Waals surface area contributed by atoms with Crippen LogP contribution < -0.4 is 4.90 Å². The number of anilines is 1. The largest absolute Gasteiger partial charge is 0.366 e. The van der Waals surface area contributed by atoms with Crippen LogP contribution in [-0.4, -0.2) is 36.6 Å². The molecular formula is C14H19ClN2. The molecule has 1 aromatic carbocycles. The summed E-state index contributed by atoms with van der Waals surface area (Å²) in [6, 6.07) is 9.74. The Hall–Kier alpha value is -0.730. The number of fused-ring (bicyclic) bond motifs is 3. The minimum Gasteiger partial charge on any atom is -0.366 e. The second kappa shape index (κ2) is 4.51. The first-order chi connectivity index (χ1) is 8.28. The van der Waals surface area contributed by atoms with Gasteiger partial charge in [-0.05, 0) is 43.7 Å². The maximum atomic E-state index is 5.95. The molecule has 3 saturated heterocycles. The Kier molecular flexibility index (Phi) is 3.01. The predicted octanol–water partition coefficient (Wildman–Crippen LogP) is 3.01. The van der Waals surface area contributed by atoms with Crippen molar-refractivity contribution in [2.24, 2.45) is 0 Å². The van der Waals surface area contributed by atoms with Gasteiger partial charge in [-0.2, -0.15) is 0 Å². The second-order valence-electron chi connectivity index (χ2n) is 5.10. The van der Waals surface area contributed by atoms with Gasteiger partial charge in [0.1, 0.15) is 0 Å². The number of benzene rings is 1. The van der Waals surface area contributed by atoms with E-state index in [1.165, 1.54) is 38.2 Å². The van der Waals surface area contributed by atoms with Crippen LogP contribution in [0.2, 0.25) is 5.02 Å². The number of piperazine rings is 1. The summed E-state index contributed by atoms with van der Waals surface area (Å²) in [4.78, 5) is 5.19. The smallest absolute Gasteiger partial charge is 0.0418 e. The fourth-order valence-corrected chi connectivity index (χ4v) is 3.38. The molecule has 3 aliphatic heterocycles. The zero-order chi connectivity index (χ0) is 11.8. The molecule has 2 bridgehead atoms. The number of likely N-dealkylation sites (N-methyl/N-ethyl adjacent to an activating group) is 1. The molecule has 0 aromatic heterocycles. The fraction of sp³-hybridized carbons (Fsp3) is 0.571. The molecule has 3 aliphatic rings. The maximum Gasteiger partial charge on any atom is 0.0418 e. The number of rotatable bonds is 2. The summed E-state index contributed by atoms with van der Waals surface area (Å²) in [6.45, 7) is 5.87. The summed E-state index contributed by atoms with van der Waals surface area (Å²) in [5, 5.41) is 0.825. The van der Waals surface area contributed by atoms with Gasteiger partial charge in [0.2, 0.25) is 0 Å². The van der Waals surface area contributed by atoms with Gasteiger partial charge in [-0.25, -0.2) is 0 Å². The summed E-state index contributed by atoms with van der Waals surface area (Å²) >= 11 is 5.95. The lowest BCUT2D eigenvalue weighted by atomic mass is 9.90. The molecule has 1 aromatic rings. The van der Waals surface area contributed by atoms with E-state index in [0.717, 1.165) is 11.1 Å². The normalized spacial score (nSPS) is 28.7. The number of piperidine rings is 2. The topological polar surface area (TPSA) is 6.48 Å². The molecule has 17 heavy (non-hydrogen) atoms. The van der Waals surface area contributed by atoms with Crippen LogP contribution in [0.3, 0.4) is 0 Å². The van der Waals surface area contributed by atoms with Gasteiger partial charge in [0, 0.05) is 35.9 Å². The van der Waals surface area contributed by atoms with E-state index in [1.54, 1.807) is 0 Å². The van der Waals surface area contributed by atoms with Crippen molar-refractivity contribution < 1.29 is 0 Å². The van der Waals surface area contributed by atoms with Crippen molar-refractivity contribution >= 4 is 17.3 Å². The van der Waals surface area contributed by atoms with Crippen molar-refractivity contribution in [1.82, 2.24) is 4.90 Å². The van der Waals surface area contributed by atoms with Crippen molar-refractivity contribution in [1.29, 1.82) is 0 Å². The van der Waals surface area contributed by atoms with Crippen molar-refractivity contribution in [3.63, 3.8) is 0 Å². The van der Waals surface area contributed by atoms with Gasteiger partial charge >= 0.3 is 0 Å². The van der Waals surface area contributed by atoms with Gasteiger partial charge in [0.25, 0.3) is 0 Å². The minimum atomic E-state index is 0.695. The van der Waals surface area contributed by atoms with Crippen LogP contribution in [0.15, 0.2) is 24.3 Å². The lowest BCUT2D eigenvalue weighted by Gasteiger charge is -2.52. The molecule has 3 heteroatoms. The number of nitrogens with zero attached hydrogens (tertiary/aromatic N) is 2. The molecule has 0 amide bonds. The van der Waals surface area contributed by atoms with E-state index in [4.69, 9.17) is 11.6 Å². The monoisotopic (exact) mass is 250 g/mol. The van der Waals surface area contributed by atoms with Gasteiger partial charge < -0.3 is 4.90 Å². The highest BCUT2D eigenvalue weighted by Crippen LogP contribution is 2.32. The number of hydrogen-bond donors (Lipinski definition) is 0. The summed E-state index contributed by atoms with van der Waals surface area (Å²) in [5.74, 6) is 0. The Bertz CT molecular complexity index is 390. The number of hydrogen-bond acceptors (Lipinski definition) is 2. The first-order valence-corrected chi connectivity index (χ1v) is 6.92. The van der Waals surface area contributed by atoms with Crippen molar-refractivity contribution in [2.75, 3.05) is 24.5 Å². The van der Waals surface area contributed by atoms with Crippen LogP contribution in [0.5, 0.6) is 0 Å². The van der Waals surface area contributed by atoms with E-state index < -0.39 is 0 Å². The Balaban J connectivity index is 1.80. The zero-order valence-corrected chi connectivity index (χ0v) is 11.0. The molecule has 0 aliphatic carbocycles. The van der Waals surface area contributed by atoms with Crippen LogP contribution in [-0.2, 0) is 0 Å². The Labute approximate surface area is 108 Å². The number of halogens is 1. The van der Waals surface area contributed by atoms with Crippen LogP contribution in [0.25, 0.3) is 0 Å². The van der Waals surface area contributed by atoms with Crippen LogP contribution in [0, 0.1) is 0 Å². The van der Waals surface area contributed by atoms with Gasteiger partial charge in [0.15, 0.2) is 0 Å². The van der Waals surface area contributed by atoms with Crippen molar-refractivity contribution in [3.8, 4) is 0 Å². The van der Waals surface area contributed by atoms with E-state index in [1.807, 2.05) is 12.1 Å². The van der Waals surface area contributed by atoms with Gasteiger partial charge in [-0.15, -0.1) is 0 Å². The third-order valence-corrected chi connectivity index (χ3v) is 4.46. The molecule has 0 radical (unpaired) electrons. The third-order valence-electron chi connectivity index (χ3n) is 4.21. The van der Waals surface area contributed by atoms with E-state index in [9.17, 15) is 0 Å². The second-order valence-corrected chi connectivity index (χ2v) is 5.54. The van der Waals surface area contributed by atoms with E-state index in [0.29, 0.717) is 6.04 Å². The highest BCUT2D eigenvalue weighted by Gasteiger charge is 2.37. The average molecular weight is 251 g/mol. The molecule has 3 heterocycles. The lowest BCUT2D eigenvalue weighted by molar-refractivity contribution is 0.102. The minimum absolute atomic E-state index is 0.695. The summed E-state index contributed by atoms with van der Waals surface area (Å²) in [5.41, 5.74) is 1.33. The maximum absolute atomic E-state index is 5.95. The van der Waals surface area contributed by atoms with Crippen molar-refractivity contribution in [3.05, 3.63) is 29.3 Å². The molecule has 3 fully saturated rings. The molecule has 0 saturated carbocycles. The highest BCUT2D eigenvalue weighted by atomic mass is 35.5. The first kappa shape index (κ1) is 11.4. The standard InChI is InChI=1S/C14H19ClN2/c1-2-16-9-14-8-7-13(16)10-17(14)12-5-3-11(15)4-6-12/h3-6,13-14H,2,7-10H2,1H3. The summed E-state index contributed by atoms with van der Waals surface area (Å²) in [7, 11) is 0. The van der Waals surface area contributed by atoms with E-state index in [-0.39, 0.29) is 0 Å². The lowest BCUT2D eigenvalue weighted by Crippen LogP contribution is -2.62. The Morgan fingerprint density at radius 3 is 2.41 bits per heavy atom. The van der Waals surface area contributed by atoms with Crippen LogP contribution >= 0.6 is 11.6 Å². The summed E-state index contributed by atoms with van der Waals surface area (Å²) < 4.78 is 0. The molecular weight excluding hydrogens is 232 g/mol. The molecule has 92 valence electrons. The van der Waals surface area contributed by atoms with Gasteiger partial charge in [-0.3, -0.25) is 4.90 Å². The molecule has 0 N–H and O–H groups in total. The van der Waals surface area contributed by atoms with E-state index in [2.05, 4.69) is 28.9 Å². The van der Waals surface area contributed by atoms with Gasteiger partial charge in [-0.1, -0.05) is 18.5 Å². The fourth-order valence-electron chi connectivity index (χ4n) is 3.25. The van der Waals surface area contributed by atoms with Crippen LogP contribution in [0.1, 0.15) is 19.8 Å².